The van der Waals surface area contributed by atoms with Crippen LogP contribution in [0.5, 0.6) is 0 Å². The molecule has 0 unspecified atom stereocenters. The summed E-state index contributed by atoms with van der Waals surface area (Å²) < 4.78 is 2.68. The van der Waals surface area contributed by atoms with E-state index in [-0.39, 0.29) is 11.8 Å². The molecule has 0 N–H and O–H groups in total. The number of hydrogen-bond donors (Lipinski definition) is 0. The van der Waals surface area contributed by atoms with Gasteiger partial charge in [0.05, 0.1) is 11.2 Å². The van der Waals surface area contributed by atoms with E-state index in [9.17, 15) is 4.79 Å². The lowest BCUT2D eigenvalue weighted by molar-refractivity contribution is 0.102. The standard InChI is InChI=1S/C13H12ClIN2O/c1-8(2)17-12(11(14)7-16-17)13(18)9-4-3-5-10(15)6-9/h3-8H,1-2H3. The van der Waals surface area contributed by atoms with E-state index in [1.807, 2.05) is 32.0 Å². The fraction of sp³-hybridized carbons (Fsp3) is 0.231. The Morgan fingerprint density at radius 1 is 1.44 bits per heavy atom. The molecule has 1 heterocycles. The van der Waals surface area contributed by atoms with E-state index in [1.165, 1.54) is 6.20 Å². The van der Waals surface area contributed by atoms with Crippen LogP contribution in [0.1, 0.15) is 35.9 Å². The Labute approximate surface area is 124 Å². The van der Waals surface area contributed by atoms with Crippen molar-refractivity contribution < 1.29 is 4.79 Å². The summed E-state index contributed by atoms with van der Waals surface area (Å²) in [6, 6.07) is 7.53. The monoisotopic (exact) mass is 374 g/mol. The summed E-state index contributed by atoms with van der Waals surface area (Å²) in [5.41, 5.74) is 1.08. The number of nitrogens with zero attached hydrogens (tertiary/aromatic N) is 2. The third kappa shape index (κ3) is 2.59. The minimum absolute atomic E-state index is 0.0929. The van der Waals surface area contributed by atoms with E-state index >= 15 is 0 Å². The summed E-state index contributed by atoms with van der Waals surface area (Å²) in [5, 5.41) is 4.54. The number of carbonyl (C=O) groups is 1. The summed E-state index contributed by atoms with van der Waals surface area (Å²) in [6.07, 6.45) is 1.52. The molecule has 0 spiro atoms. The molecule has 0 radical (unpaired) electrons. The molecule has 0 saturated heterocycles. The molecule has 2 rings (SSSR count). The maximum absolute atomic E-state index is 12.5. The van der Waals surface area contributed by atoms with Crippen LogP contribution in [-0.2, 0) is 0 Å². The molecular weight excluding hydrogens is 363 g/mol. The van der Waals surface area contributed by atoms with Crippen molar-refractivity contribution in [2.75, 3.05) is 0 Å². The highest BCUT2D eigenvalue weighted by atomic mass is 127. The van der Waals surface area contributed by atoms with Crippen molar-refractivity contribution in [3.8, 4) is 0 Å². The Kier molecular flexibility index (Phi) is 4.07. The van der Waals surface area contributed by atoms with Gasteiger partial charge in [-0.2, -0.15) is 5.10 Å². The number of rotatable bonds is 3. The number of ketones is 1. The second-order valence-electron chi connectivity index (χ2n) is 4.22. The second kappa shape index (κ2) is 5.40. The van der Waals surface area contributed by atoms with E-state index in [2.05, 4.69) is 27.7 Å². The molecule has 1 aromatic carbocycles. The van der Waals surface area contributed by atoms with Gasteiger partial charge in [-0.25, -0.2) is 0 Å². The molecule has 0 aliphatic heterocycles. The second-order valence-corrected chi connectivity index (χ2v) is 5.87. The van der Waals surface area contributed by atoms with Crippen LogP contribution in [0.15, 0.2) is 30.5 Å². The average molecular weight is 375 g/mol. The minimum Gasteiger partial charge on any atom is -0.287 e. The van der Waals surface area contributed by atoms with Crippen LogP contribution in [0.25, 0.3) is 0 Å². The van der Waals surface area contributed by atoms with Gasteiger partial charge < -0.3 is 0 Å². The van der Waals surface area contributed by atoms with Crippen LogP contribution in [-0.4, -0.2) is 15.6 Å². The van der Waals surface area contributed by atoms with Crippen molar-refractivity contribution in [2.45, 2.75) is 19.9 Å². The maximum Gasteiger partial charge on any atom is 0.212 e. The van der Waals surface area contributed by atoms with Crippen LogP contribution >= 0.6 is 34.2 Å². The molecule has 0 aliphatic carbocycles. The van der Waals surface area contributed by atoms with Crippen molar-refractivity contribution in [3.05, 3.63) is 50.3 Å². The smallest absolute Gasteiger partial charge is 0.212 e. The lowest BCUT2D eigenvalue weighted by atomic mass is 10.1. The van der Waals surface area contributed by atoms with Gasteiger partial charge in [0.15, 0.2) is 0 Å². The van der Waals surface area contributed by atoms with E-state index in [0.29, 0.717) is 16.3 Å². The van der Waals surface area contributed by atoms with Gasteiger partial charge in [0.2, 0.25) is 5.78 Å². The van der Waals surface area contributed by atoms with Gasteiger partial charge in [-0.1, -0.05) is 23.7 Å². The van der Waals surface area contributed by atoms with Crippen LogP contribution in [0, 0.1) is 3.57 Å². The highest BCUT2D eigenvalue weighted by Crippen LogP contribution is 2.22. The number of halogens is 2. The van der Waals surface area contributed by atoms with Crippen molar-refractivity contribution in [2.24, 2.45) is 0 Å². The molecule has 3 nitrogen and oxygen atoms in total. The number of aromatic nitrogens is 2. The topological polar surface area (TPSA) is 34.9 Å². The van der Waals surface area contributed by atoms with Gasteiger partial charge in [-0.3, -0.25) is 9.48 Å². The van der Waals surface area contributed by atoms with E-state index in [0.717, 1.165) is 3.57 Å². The number of benzene rings is 1. The summed E-state index contributed by atoms with van der Waals surface area (Å²) >= 11 is 8.25. The van der Waals surface area contributed by atoms with E-state index in [1.54, 1.807) is 10.7 Å². The molecule has 0 aliphatic rings. The van der Waals surface area contributed by atoms with Gasteiger partial charge in [-0.05, 0) is 48.6 Å². The van der Waals surface area contributed by atoms with E-state index < -0.39 is 0 Å². The predicted octanol–water partition coefficient (Wildman–Crippen LogP) is 3.95. The van der Waals surface area contributed by atoms with Gasteiger partial charge in [0.25, 0.3) is 0 Å². The third-order valence-electron chi connectivity index (χ3n) is 2.54. The van der Waals surface area contributed by atoms with Crippen LogP contribution in [0.3, 0.4) is 0 Å². The first-order valence-corrected chi connectivity index (χ1v) is 6.99. The van der Waals surface area contributed by atoms with Crippen LogP contribution in [0.4, 0.5) is 0 Å². The summed E-state index contributed by atoms with van der Waals surface area (Å²) in [4.78, 5) is 12.5. The normalized spacial score (nSPS) is 10.9. The number of carbonyl (C=O) groups excluding carboxylic acids is 1. The quantitative estimate of drug-likeness (QED) is 0.602. The molecule has 0 bridgehead atoms. The lowest BCUT2D eigenvalue weighted by Gasteiger charge is -2.10. The molecular formula is C13H12ClIN2O. The molecule has 18 heavy (non-hydrogen) atoms. The molecule has 1 aromatic heterocycles. The molecule has 94 valence electrons. The molecule has 0 amide bonds. The van der Waals surface area contributed by atoms with Gasteiger partial charge in [-0.15, -0.1) is 0 Å². The Hall–Kier alpha value is -0.880. The summed E-state index contributed by atoms with van der Waals surface area (Å²) in [6.45, 7) is 3.93. The summed E-state index contributed by atoms with van der Waals surface area (Å²) in [7, 11) is 0. The maximum atomic E-state index is 12.5. The van der Waals surface area contributed by atoms with Gasteiger partial charge >= 0.3 is 0 Å². The first kappa shape index (κ1) is 13.5. The minimum atomic E-state index is -0.0929. The van der Waals surface area contributed by atoms with Crippen LogP contribution < -0.4 is 0 Å². The first-order valence-electron chi connectivity index (χ1n) is 5.54. The van der Waals surface area contributed by atoms with Crippen molar-refractivity contribution in [1.29, 1.82) is 0 Å². The van der Waals surface area contributed by atoms with Gasteiger partial charge in [0, 0.05) is 15.2 Å². The Balaban J connectivity index is 2.49. The zero-order valence-corrected chi connectivity index (χ0v) is 12.9. The first-order chi connectivity index (χ1) is 8.50. The largest absolute Gasteiger partial charge is 0.287 e. The zero-order valence-electron chi connectivity index (χ0n) is 10.0. The highest BCUT2D eigenvalue weighted by Gasteiger charge is 2.20. The van der Waals surface area contributed by atoms with Crippen molar-refractivity contribution >= 4 is 40.0 Å². The molecule has 2 aromatic rings. The van der Waals surface area contributed by atoms with Gasteiger partial charge in [0.1, 0.15) is 5.69 Å². The fourth-order valence-electron chi connectivity index (χ4n) is 1.71. The molecule has 5 heteroatoms. The van der Waals surface area contributed by atoms with Crippen molar-refractivity contribution in [3.63, 3.8) is 0 Å². The average Bonchev–Trinajstić information content (AvgIpc) is 2.70. The van der Waals surface area contributed by atoms with E-state index in [4.69, 9.17) is 11.6 Å². The van der Waals surface area contributed by atoms with Crippen LogP contribution in [0.2, 0.25) is 5.02 Å². The number of hydrogen-bond acceptors (Lipinski definition) is 2. The Morgan fingerprint density at radius 2 is 2.17 bits per heavy atom. The Bertz CT molecular complexity index is 592. The molecule has 0 saturated carbocycles. The Morgan fingerprint density at radius 3 is 2.78 bits per heavy atom. The SMILES string of the molecule is CC(C)n1ncc(Cl)c1C(=O)c1cccc(I)c1. The third-order valence-corrected chi connectivity index (χ3v) is 3.49. The zero-order chi connectivity index (χ0) is 13.3. The molecule has 0 atom stereocenters. The molecule has 0 fully saturated rings. The fourth-order valence-corrected chi connectivity index (χ4v) is 2.47. The highest BCUT2D eigenvalue weighted by molar-refractivity contribution is 14.1. The lowest BCUT2D eigenvalue weighted by Crippen LogP contribution is -2.14. The van der Waals surface area contributed by atoms with Crippen molar-refractivity contribution in [1.82, 2.24) is 9.78 Å². The predicted molar refractivity (Wildman–Crippen MR) is 80.2 cm³/mol. The summed E-state index contributed by atoms with van der Waals surface area (Å²) in [5.74, 6) is -0.0929.